The van der Waals surface area contributed by atoms with E-state index in [1.807, 2.05) is 0 Å². The zero-order valence-electron chi connectivity index (χ0n) is 10.3. The number of aromatic nitrogens is 1. The normalized spacial score (nSPS) is 11.0. The average molecular weight is 290 g/mol. The molecular weight excluding hydrogens is 278 g/mol. The van der Waals surface area contributed by atoms with Crippen molar-refractivity contribution in [3.05, 3.63) is 12.0 Å². The molecule has 0 atom stereocenters. The first-order chi connectivity index (χ1) is 9.12. The molecule has 0 bridgehead atoms. The minimum absolute atomic E-state index is 0.0742. The highest BCUT2D eigenvalue weighted by molar-refractivity contribution is 6.42. The monoisotopic (exact) mass is 289 g/mol. The third-order valence-electron chi connectivity index (χ3n) is 1.77. The number of anilines is 1. The van der Waals surface area contributed by atoms with Crippen molar-refractivity contribution >= 4 is 35.2 Å². The average Bonchev–Trinajstić information content (AvgIpc) is 2.84. The minimum Gasteiger partial charge on any atom is -0.461 e. The maximum atomic E-state index is 11.6. The molecule has 0 aromatic carbocycles. The fourth-order valence-corrected chi connectivity index (χ4v) is 1.14. The van der Waals surface area contributed by atoms with Crippen LogP contribution in [0.25, 0.3) is 0 Å². The molecule has 0 saturated heterocycles. The summed E-state index contributed by atoms with van der Waals surface area (Å²) in [5, 5.41) is 5.79. The van der Waals surface area contributed by atoms with Crippen LogP contribution in [0.15, 0.2) is 15.8 Å². The van der Waals surface area contributed by atoms with E-state index in [4.69, 9.17) is 20.8 Å². The highest BCUT2D eigenvalue weighted by Crippen LogP contribution is 2.10. The van der Waals surface area contributed by atoms with Crippen LogP contribution >= 0.6 is 11.6 Å². The fraction of sp³-hybridized carbons (Fsp3) is 0.400. The number of nitrogens with one attached hydrogen (secondary N) is 1. The summed E-state index contributed by atoms with van der Waals surface area (Å²) in [5.41, 5.74) is -0.0929. The van der Waals surface area contributed by atoms with Crippen LogP contribution in [0.3, 0.4) is 0 Å². The first-order valence-corrected chi connectivity index (χ1v) is 5.75. The van der Waals surface area contributed by atoms with Gasteiger partial charge in [-0.25, -0.2) is 4.79 Å². The number of carbonyl (C=O) groups excluding carboxylic acids is 2. The lowest BCUT2D eigenvalue weighted by atomic mass is 10.3. The lowest BCUT2D eigenvalue weighted by Gasteiger charge is -2.01. The molecule has 1 rings (SSSR count). The number of rotatable bonds is 6. The first kappa shape index (κ1) is 15.0. The van der Waals surface area contributed by atoms with E-state index < -0.39 is 11.9 Å². The largest absolute Gasteiger partial charge is 0.461 e. The third-order valence-corrected chi connectivity index (χ3v) is 2.01. The predicted molar refractivity (Wildman–Crippen MR) is 66.0 cm³/mol. The number of nitrogens with zero attached hydrogens (tertiary/aromatic N) is 2. The Labute approximate surface area is 113 Å². The Morgan fingerprint density at radius 2 is 2.32 bits per heavy atom. The van der Waals surface area contributed by atoms with Gasteiger partial charge in [-0.15, -0.1) is 11.6 Å². The SMILES string of the molecule is CCOC(=O)/C(=N\OC)c1coc(NC(=O)CCl)n1. The highest BCUT2D eigenvalue weighted by Gasteiger charge is 2.21. The van der Waals surface area contributed by atoms with Crippen molar-refractivity contribution in [3.63, 3.8) is 0 Å². The number of amides is 1. The summed E-state index contributed by atoms with van der Waals surface area (Å²) < 4.78 is 9.73. The van der Waals surface area contributed by atoms with Crippen molar-refractivity contribution in [2.24, 2.45) is 5.16 Å². The second-order valence-electron chi connectivity index (χ2n) is 3.06. The molecule has 0 aliphatic rings. The number of hydrogen-bond acceptors (Lipinski definition) is 7. The molecule has 0 fully saturated rings. The molecule has 1 heterocycles. The summed E-state index contributed by atoms with van der Waals surface area (Å²) in [6.45, 7) is 1.83. The molecule has 0 saturated carbocycles. The predicted octanol–water partition coefficient (Wildman–Crippen LogP) is 0.765. The number of esters is 1. The van der Waals surface area contributed by atoms with Gasteiger partial charge in [-0.05, 0) is 6.92 Å². The van der Waals surface area contributed by atoms with E-state index in [0.29, 0.717) is 0 Å². The first-order valence-electron chi connectivity index (χ1n) is 5.22. The van der Waals surface area contributed by atoms with Gasteiger partial charge in [-0.3, -0.25) is 10.1 Å². The highest BCUT2D eigenvalue weighted by atomic mass is 35.5. The van der Waals surface area contributed by atoms with Crippen molar-refractivity contribution < 1.29 is 23.6 Å². The third kappa shape index (κ3) is 4.25. The molecule has 1 N–H and O–H groups in total. The lowest BCUT2D eigenvalue weighted by molar-refractivity contribution is -0.135. The quantitative estimate of drug-likeness (QED) is 0.359. The van der Waals surface area contributed by atoms with Crippen LogP contribution in [0.4, 0.5) is 6.01 Å². The molecule has 1 amide bonds. The summed E-state index contributed by atoms with van der Waals surface area (Å²) >= 11 is 5.31. The molecule has 104 valence electrons. The van der Waals surface area contributed by atoms with Crippen LogP contribution in [-0.2, 0) is 19.2 Å². The van der Waals surface area contributed by atoms with Gasteiger partial charge in [0.05, 0.1) is 6.61 Å². The fourth-order valence-electron chi connectivity index (χ4n) is 1.07. The van der Waals surface area contributed by atoms with Gasteiger partial charge >= 0.3 is 12.0 Å². The molecule has 0 aliphatic heterocycles. The van der Waals surface area contributed by atoms with E-state index in [-0.39, 0.29) is 29.9 Å². The Balaban J connectivity index is 2.90. The van der Waals surface area contributed by atoms with Gasteiger partial charge in [0.25, 0.3) is 0 Å². The zero-order valence-corrected chi connectivity index (χ0v) is 11.1. The van der Waals surface area contributed by atoms with E-state index in [9.17, 15) is 9.59 Å². The van der Waals surface area contributed by atoms with Crippen molar-refractivity contribution in [1.29, 1.82) is 0 Å². The van der Waals surface area contributed by atoms with Crippen molar-refractivity contribution in [3.8, 4) is 0 Å². The smallest absolute Gasteiger partial charge is 0.362 e. The molecule has 0 radical (unpaired) electrons. The maximum absolute atomic E-state index is 11.6. The summed E-state index contributed by atoms with van der Waals surface area (Å²) in [6.07, 6.45) is 1.14. The summed E-state index contributed by atoms with van der Waals surface area (Å²) in [5.74, 6) is -1.45. The van der Waals surface area contributed by atoms with Gasteiger partial charge in [-0.2, -0.15) is 4.98 Å². The van der Waals surface area contributed by atoms with Crippen molar-refractivity contribution in [1.82, 2.24) is 4.98 Å². The van der Waals surface area contributed by atoms with Gasteiger partial charge in [0.15, 0.2) is 0 Å². The number of oxime groups is 1. The number of hydrogen-bond donors (Lipinski definition) is 1. The van der Waals surface area contributed by atoms with Crippen LogP contribution in [0, 0.1) is 0 Å². The molecular formula is C10H12ClN3O5. The van der Waals surface area contributed by atoms with Crippen molar-refractivity contribution in [2.45, 2.75) is 6.92 Å². The molecule has 0 spiro atoms. The Morgan fingerprint density at radius 3 is 2.89 bits per heavy atom. The topological polar surface area (TPSA) is 103 Å². The molecule has 1 aromatic heterocycles. The number of alkyl halides is 1. The van der Waals surface area contributed by atoms with E-state index in [1.165, 1.54) is 7.11 Å². The minimum atomic E-state index is -0.715. The van der Waals surface area contributed by atoms with Gasteiger partial charge < -0.3 is 14.0 Å². The Morgan fingerprint density at radius 1 is 1.58 bits per heavy atom. The van der Waals surface area contributed by atoms with E-state index in [0.717, 1.165) is 6.26 Å². The number of halogens is 1. The summed E-state index contributed by atoms with van der Waals surface area (Å²) in [7, 11) is 1.27. The van der Waals surface area contributed by atoms with Crippen molar-refractivity contribution in [2.75, 3.05) is 24.9 Å². The maximum Gasteiger partial charge on any atom is 0.362 e. The lowest BCUT2D eigenvalue weighted by Crippen LogP contribution is -2.20. The molecule has 0 unspecified atom stereocenters. The number of ether oxygens (including phenoxy) is 1. The molecule has 19 heavy (non-hydrogen) atoms. The number of oxazole rings is 1. The second-order valence-corrected chi connectivity index (χ2v) is 3.33. The Kier molecular flexibility index (Phi) is 5.80. The molecule has 0 aliphatic carbocycles. The van der Waals surface area contributed by atoms with Crippen LogP contribution in [-0.4, -0.2) is 42.2 Å². The van der Waals surface area contributed by atoms with Crippen LogP contribution in [0.2, 0.25) is 0 Å². The van der Waals surface area contributed by atoms with Gasteiger partial charge in [0.2, 0.25) is 11.6 Å². The Hall–Kier alpha value is -2.09. The molecule has 1 aromatic rings. The van der Waals surface area contributed by atoms with E-state index in [2.05, 4.69) is 20.3 Å². The molecule has 8 nitrogen and oxygen atoms in total. The van der Waals surface area contributed by atoms with E-state index >= 15 is 0 Å². The molecule has 9 heteroatoms. The zero-order chi connectivity index (χ0) is 14.3. The number of carbonyl (C=O) groups is 2. The Bertz CT molecular complexity index is 485. The summed E-state index contributed by atoms with van der Waals surface area (Å²) in [4.78, 5) is 31.0. The van der Waals surface area contributed by atoms with Crippen LogP contribution in [0.1, 0.15) is 12.6 Å². The standard InChI is InChI=1S/C10H12ClN3O5/c1-3-18-9(16)8(14-17-2)6-5-19-10(12-6)13-7(15)4-11/h5H,3-4H2,1-2H3,(H,12,13,15)/b14-8-. The van der Waals surface area contributed by atoms with Crippen LogP contribution < -0.4 is 5.32 Å². The second kappa shape index (κ2) is 7.37. The van der Waals surface area contributed by atoms with E-state index in [1.54, 1.807) is 6.92 Å². The van der Waals surface area contributed by atoms with Gasteiger partial charge in [-0.1, -0.05) is 5.16 Å². The van der Waals surface area contributed by atoms with Crippen LogP contribution in [0.5, 0.6) is 0 Å². The summed E-state index contributed by atoms with van der Waals surface area (Å²) in [6, 6.07) is -0.103. The van der Waals surface area contributed by atoms with Gasteiger partial charge in [0, 0.05) is 0 Å². The van der Waals surface area contributed by atoms with Gasteiger partial charge in [0.1, 0.15) is 24.9 Å².